The third kappa shape index (κ3) is 3.16. The summed E-state index contributed by atoms with van der Waals surface area (Å²) in [5.74, 6) is 2.47. The predicted molar refractivity (Wildman–Crippen MR) is 58.4 cm³/mol. The van der Waals surface area contributed by atoms with Gasteiger partial charge < -0.3 is 0 Å². The Hall–Kier alpha value is -0.0000000000000000833. The summed E-state index contributed by atoms with van der Waals surface area (Å²) in [4.78, 5) is 4.22. The molecular formula is C7H10N2S3. The van der Waals surface area contributed by atoms with Crippen LogP contribution in [-0.4, -0.2) is 20.9 Å². The van der Waals surface area contributed by atoms with Crippen LogP contribution in [0.3, 0.4) is 0 Å². The number of hydrogen-bond acceptors (Lipinski definition) is 5. The lowest BCUT2D eigenvalue weighted by Gasteiger charge is -1.96. The molecule has 0 radical (unpaired) electrons. The van der Waals surface area contributed by atoms with Gasteiger partial charge in [0.15, 0.2) is 4.34 Å². The van der Waals surface area contributed by atoms with Crippen molar-refractivity contribution in [1.29, 1.82) is 0 Å². The van der Waals surface area contributed by atoms with Crippen LogP contribution in [0.2, 0.25) is 0 Å². The molecule has 1 aromatic heterocycles. The number of nitrogens with zero attached hydrogens (tertiary/aromatic N) is 2. The highest BCUT2D eigenvalue weighted by molar-refractivity contribution is 8.01. The van der Waals surface area contributed by atoms with Crippen molar-refractivity contribution in [2.45, 2.75) is 11.3 Å². The van der Waals surface area contributed by atoms with Crippen LogP contribution in [0.25, 0.3) is 0 Å². The lowest BCUT2D eigenvalue weighted by atomic mass is 10.4. The van der Waals surface area contributed by atoms with E-state index in [-0.39, 0.29) is 0 Å². The summed E-state index contributed by atoms with van der Waals surface area (Å²) in [7, 11) is 0. The van der Waals surface area contributed by atoms with Crippen molar-refractivity contribution in [3.8, 4) is 0 Å². The quantitative estimate of drug-likeness (QED) is 0.477. The number of rotatable bonds is 4. The largest absolute Gasteiger partial charge is 0.213 e. The van der Waals surface area contributed by atoms with Gasteiger partial charge in [-0.25, -0.2) is 4.98 Å². The molecule has 1 rings (SSSR count). The summed E-state index contributed by atoms with van der Waals surface area (Å²) >= 11 is 7.23. The molecule has 0 spiro atoms. The number of aryl methyl sites for hydroxylation is 1. The summed E-state index contributed by atoms with van der Waals surface area (Å²) in [6.07, 6.45) is 0. The zero-order chi connectivity index (χ0) is 8.97. The molecular weight excluding hydrogens is 208 g/mol. The van der Waals surface area contributed by atoms with Crippen molar-refractivity contribution in [2.24, 2.45) is 0 Å². The Kier molecular flexibility index (Phi) is 4.11. The van der Waals surface area contributed by atoms with Crippen LogP contribution in [-0.2, 0) is 0 Å². The van der Waals surface area contributed by atoms with Crippen molar-refractivity contribution in [1.82, 2.24) is 9.36 Å². The lowest BCUT2D eigenvalue weighted by Crippen LogP contribution is -1.85. The van der Waals surface area contributed by atoms with Gasteiger partial charge in [-0.3, -0.25) is 0 Å². The predicted octanol–water partition coefficient (Wildman–Crippen LogP) is 2.42. The summed E-state index contributed by atoms with van der Waals surface area (Å²) < 4.78 is 5.09. The van der Waals surface area contributed by atoms with Gasteiger partial charge in [0.25, 0.3) is 0 Å². The third-order valence-corrected chi connectivity index (χ3v) is 3.65. The van der Waals surface area contributed by atoms with Gasteiger partial charge in [-0.2, -0.15) is 17.0 Å². The number of hydrogen-bond donors (Lipinski definition) is 1. The van der Waals surface area contributed by atoms with E-state index in [0.717, 1.165) is 27.2 Å². The molecule has 0 aliphatic heterocycles. The Labute approximate surface area is 86.1 Å². The second kappa shape index (κ2) is 4.89. The zero-order valence-electron chi connectivity index (χ0n) is 6.78. The third-order valence-electron chi connectivity index (χ3n) is 1.13. The van der Waals surface area contributed by atoms with Crippen LogP contribution in [0.1, 0.15) is 5.82 Å². The minimum atomic E-state index is 0.741. The van der Waals surface area contributed by atoms with Gasteiger partial charge in [0.1, 0.15) is 5.82 Å². The Morgan fingerprint density at radius 3 is 3.00 bits per heavy atom. The maximum Gasteiger partial charge on any atom is 0.170 e. The molecule has 5 heteroatoms. The number of aromatic nitrogens is 2. The van der Waals surface area contributed by atoms with Crippen LogP contribution < -0.4 is 0 Å². The molecule has 0 amide bonds. The van der Waals surface area contributed by atoms with Gasteiger partial charge in [-0.05, 0) is 18.5 Å². The van der Waals surface area contributed by atoms with Gasteiger partial charge in [-0.15, -0.1) is 0 Å². The first kappa shape index (κ1) is 10.1. The van der Waals surface area contributed by atoms with Crippen LogP contribution >= 0.6 is 35.9 Å². The lowest BCUT2D eigenvalue weighted by molar-refractivity contribution is 1.10. The Morgan fingerprint density at radius 2 is 2.50 bits per heavy atom. The first-order valence-electron chi connectivity index (χ1n) is 3.43. The standard InChI is InChI=1S/C7H10N2S3/c1-5(3-10)4-11-7-8-6(2)9-12-7/h10H,1,3-4H2,2H3. The molecule has 0 aromatic carbocycles. The van der Waals surface area contributed by atoms with Crippen molar-refractivity contribution >= 4 is 35.9 Å². The van der Waals surface area contributed by atoms with E-state index in [9.17, 15) is 0 Å². The molecule has 0 aliphatic rings. The van der Waals surface area contributed by atoms with Gasteiger partial charge >= 0.3 is 0 Å². The van der Waals surface area contributed by atoms with E-state index >= 15 is 0 Å². The fourth-order valence-corrected chi connectivity index (χ4v) is 2.36. The molecule has 1 aromatic rings. The van der Waals surface area contributed by atoms with Gasteiger partial charge in [0.2, 0.25) is 0 Å². The van der Waals surface area contributed by atoms with E-state index in [2.05, 4.69) is 28.6 Å². The van der Waals surface area contributed by atoms with Crippen molar-refractivity contribution in [3.05, 3.63) is 18.0 Å². The molecule has 0 aliphatic carbocycles. The molecule has 2 nitrogen and oxygen atoms in total. The molecule has 0 atom stereocenters. The molecule has 0 unspecified atom stereocenters. The fraction of sp³-hybridized carbons (Fsp3) is 0.429. The highest BCUT2D eigenvalue weighted by atomic mass is 32.2. The van der Waals surface area contributed by atoms with Gasteiger partial charge in [-0.1, -0.05) is 23.9 Å². The molecule has 0 bridgehead atoms. The van der Waals surface area contributed by atoms with E-state index in [0.29, 0.717) is 0 Å². The second-order valence-electron chi connectivity index (χ2n) is 2.30. The highest BCUT2D eigenvalue weighted by Gasteiger charge is 2.00. The Bertz CT molecular complexity index is 269. The van der Waals surface area contributed by atoms with E-state index < -0.39 is 0 Å². The maximum absolute atomic E-state index is 4.22. The molecule has 0 saturated heterocycles. The van der Waals surface area contributed by atoms with Crippen molar-refractivity contribution < 1.29 is 0 Å². The van der Waals surface area contributed by atoms with E-state index in [1.165, 1.54) is 11.5 Å². The smallest absolute Gasteiger partial charge is 0.170 e. The molecule has 12 heavy (non-hydrogen) atoms. The minimum absolute atomic E-state index is 0.741. The maximum atomic E-state index is 4.22. The number of thioether (sulfide) groups is 1. The normalized spacial score (nSPS) is 10.2. The topological polar surface area (TPSA) is 25.8 Å². The second-order valence-corrected chi connectivity index (χ2v) is 4.59. The first-order valence-corrected chi connectivity index (χ1v) is 5.82. The van der Waals surface area contributed by atoms with E-state index in [4.69, 9.17) is 0 Å². The Morgan fingerprint density at radius 1 is 1.75 bits per heavy atom. The summed E-state index contributed by atoms with van der Waals surface area (Å²) in [6.45, 7) is 5.75. The average molecular weight is 218 g/mol. The van der Waals surface area contributed by atoms with Crippen LogP contribution in [0.4, 0.5) is 0 Å². The van der Waals surface area contributed by atoms with Crippen molar-refractivity contribution in [2.75, 3.05) is 11.5 Å². The highest BCUT2D eigenvalue weighted by Crippen LogP contribution is 2.21. The van der Waals surface area contributed by atoms with Crippen LogP contribution in [0.15, 0.2) is 16.5 Å². The Balaban J connectivity index is 2.38. The molecule has 0 N–H and O–H groups in total. The summed E-state index contributed by atoms with van der Waals surface area (Å²) in [6, 6.07) is 0. The van der Waals surface area contributed by atoms with E-state index in [1.54, 1.807) is 11.8 Å². The van der Waals surface area contributed by atoms with E-state index in [1.807, 2.05) is 6.92 Å². The molecule has 0 fully saturated rings. The van der Waals surface area contributed by atoms with Gasteiger partial charge in [0, 0.05) is 11.5 Å². The molecule has 1 heterocycles. The fourth-order valence-electron chi connectivity index (χ4n) is 0.546. The number of thiol groups is 1. The zero-order valence-corrected chi connectivity index (χ0v) is 9.31. The SMILES string of the molecule is C=C(CS)CSc1nc(C)ns1. The monoisotopic (exact) mass is 218 g/mol. The van der Waals surface area contributed by atoms with Gasteiger partial charge in [0.05, 0.1) is 0 Å². The average Bonchev–Trinajstić information content (AvgIpc) is 2.47. The minimum Gasteiger partial charge on any atom is -0.213 e. The summed E-state index contributed by atoms with van der Waals surface area (Å²) in [5, 5.41) is 0. The molecule has 66 valence electrons. The first-order chi connectivity index (χ1) is 5.72. The van der Waals surface area contributed by atoms with Crippen molar-refractivity contribution in [3.63, 3.8) is 0 Å². The summed E-state index contributed by atoms with van der Waals surface area (Å²) in [5.41, 5.74) is 1.12. The van der Waals surface area contributed by atoms with Crippen LogP contribution in [0, 0.1) is 6.92 Å². The van der Waals surface area contributed by atoms with Crippen LogP contribution in [0.5, 0.6) is 0 Å². The molecule has 0 saturated carbocycles.